The van der Waals surface area contributed by atoms with E-state index < -0.39 is 6.10 Å². The molecule has 1 aromatic carbocycles. The van der Waals surface area contributed by atoms with E-state index in [4.69, 9.17) is 15.7 Å². The van der Waals surface area contributed by atoms with Crippen molar-refractivity contribution >= 4 is 5.84 Å². The Labute approximate surface area is 76.6 Å². The van der Waals surface area contributed by atoms with Crippen LogP contribution in [0.2, 0.25) is 0 Å². The summed E-state index contributed by atoms with van der Waals surface area (Å²) in [6.45, 7) is 0. The summed E-state index contributed by atoms with van der Waals surface area (Å²) < 4.78 is 5.07. The maximum absolute atomic E-state index is 8.48. The first-order valence-corrected chi connectivity index (χ1v) is 3.84. The van der Waals surface area contributed by atoms with E-state index >= 15 is 0 Å². The van der Waals surface area contributed by atoms with Crippen molar-refractivity contribution in [3.05, 3.63) is 35.9 Å². The van der Waals surface area contributed by atoms with E-state index in [1.807, 2.05) is 30.3 Å². The molecular weight excluding hydrogens is 168 g/mol. The molecule has 0 aliphatic carbocycles. The number of nitrogens with zero attached hydrogens (tertiary/aromatic N) is 1. The number of hydrogen-bond donors (Lipinski definition) is 2. The van der Waals surface area contributed by atoms with E-state index in [9.17, 15) is 0 Å². The van der Waals surface area contributed by atoms with Gasteiger partial charge in [-0.25, -0.2) is 0 Å². The van der Waals surface area contributed by atoms with Gasteiger partial charge in [0.15, 0.2) is 5.84 Å². The van der Waals surface area contributed by atoms with Crippen molar-refractivity contribution in [3.8, 4) is 0 Å². The lowest BCUT2D eigenvalue weighted by Crippen LogP contribution is -2.23. The first-order valence-electron chi connectivity index (χ1n) is 3.84. The molecule has 0 radical (unpaired) electrons. The topological polar surface area (TPSA) is 67.8 Å². The minimum absolute atomic E-state index is 0.0497. The summed E-state index contributed by atoms with van der Waals surface area (Å²) in [7, 11) is 1.51. The van der Waals surface area contributed by atoms with Crippen LogP contribution in [0.5, 0.6) is 0 Å². The Morgan fingerprint density at radius 2 is 2.08 bits per heavy atom. The maximum atomic E-state index is 8.48. The van der Waals surface area contributed by atoms with E-state index in [-0.39, 0.29) is 5.84 Å². The van der Waals surface area contributed by atoms with Crippen molar-refractivity contribution in [1.82, 2.24) is 0 Å². The van der Waals surface area contributed by atoms with Gasteiger partial charge in [-0.05, 0) is 5.56 Å². The van der Waals surface area contributed by atoms with Crippen molar-refractivity contribution in [2.24, 2.45) is 10.9 Å². The Morgan fingerprint density at radius 1 is 1.46 bits per heavy atom. The van der Waals surface area contributed by atoms with E-state index in [1.54, 1.807) is 0 Å². The predicted molar refractivity (Wildman–Crippen MR) is 49.6 cm³/mol. The molecule has 4 heteroatoms. The van der Waals surface area contributed by atoms with Gasteiger partial charge in [-0.1, -0.05) is 35.5 Å². The summed E-state index contributed by atoms with van der Waals surface area (Å²) in [5, 5.41) is 11.4. The minimum Gasteiger partial charge on any atom is -0.409 e. The average molecular weight is 180 g/mol. The lowest BCUT2D eigenvalue weighted by Gasteiger charge is -2.13. The Kier molecular flexibility index (Phi) is 3.28. The van der Waals surface area contributed by atoms with Gasteiger partial charge in [0.2, 0.25) is 0 Å². The molecule has 1 unspecified atom stereocenters. The van der Waals surface area contributed by atoms with Crippen molar-refractivity contribution in [2.45, 2.75) is 6.10 Å². The van der Waals surface area contributed by atoms with Crippen LogP contribution in [0.3, 0.4) is 0 Å². The largest absolute Gasteiger partial charge is 0.409 e. The number of hydrogen-bond acceptors (Lipinski definition) is 3. The number of amidine groups is 1. The molecule has 1 rings (SSSR count). The van der Waals surface area contributed by atoms with Crippen molar-refractivity contribution in [1.29, 1.82) is 0 Å². The average Bonchev–Trinajstić information content (AvgIpc) is 2.20. The highest BCUT2D eigenvalue weighted by Gasteiger charge is 2.14. The van der Waals surface area contributed by atoms with Gasteiger partial charge < -0.3 is 15.7 Å². The number of ether oxygens (including phenoxy) is 1. The summed E-state index contributed by atoms with van der Waals surface area (Å²) in [5.74, 6) is 0.0497. The summed E-state index contributed by atoms with van der Waals surface area (Å²) in [6.07, 6.45) is -0.480. The standard InChI is InChI=1S/C9H12N2O2/c1-13-8(9(10)11-12)7-5-3-2-4-6-7/h2-6,8,12H,1H3,(H2,10,11). The number of rotatable bonds is 3. The molecule has 0 saturated heterocycles. The van der Waals surface area contributed by atoms with E-state index in [1.165, 1.54) is 7.11 Å². The Balaban J connectivity index is 2.91. The molecular formula is C9H12N2O2. The molecule has 0 bridgehead atoms. The second kappa shape index (κ2) is 4.47. The van der Waals surface area contributed by atoms with Gasteiger partial charge >= 0.3 is 0 Å². The van der Waals surface area contributed by atoms with Crippen molar-refractivity contribution < 1.29 is 9.94 Å². The van der Waals surface area contributed by atoms with Gasteiger partial charge in [0.05, 0.1) is 0 Å². The van der Waals surface area contributed by atoms with E-state index in [0.29, 0.717) is 0 Å². The summed E-state index contributed by atoms with van der Waals surface area (Å²) in [4.78, 5) is 0. The molecule has 0 aromatic heterocycles. The third kappa shape index (κ3) is 2.19. The third-order valence-electron chi connectivity index (χ3n) is 1.72. The van der Waals surface area contributed by atoms with Crippen LogP contribution in [0.25, 0.3) is 0 Å². The molecule has 13 heavy (non-hydrogen) atoms. The lowest BCUT2D eigenvalue weighted by atomic mass is 10.1. The van der Waals surface area contributed by atoms with Gasteiger partial charge in [0.25, 0.3) is 0 Å². The van der Waals surface area contributed by atoms with Gasteiger partial charge in [0.1, 0.15) is 6.10 Å². The van der Waals surface area contributed by atoms with E-state index in [2.05, 4.69) is 5.16 Å². The summed E-state index contributed by atoms with van der Waals surface area (Å²) in [5.41, 5.74) is 6.30. The number of oxime groups is 1. The zero-order valence-corrected chi connectivity index (χ0v) is 7.34. The van der Waals surface area contributed by atoms with Crippen LogP contribution in [-0.2, 0) is 4.74 Å². The SMILES string of the molecule is COC(C(N)=NO)c1ccccc1. The molecule has 0 heterocycles. The Bertz CT molecular complexity index is 285. The number of benzene rings is 1. The monoisotopic (exact) mass is 180 g/mol. The van der Waals surface area contributed by atoms with Gasteiger partial charge in [-0.2, -0.15) is 0 Å². The Hall–Kier alpha value is -1.55. The lowest BCUT2D eigenvalue weighted by molar-refractivity contribution is 0.152. The maximum Gasteiger partial charge on any atom is 0.172 e. The molecule has 0 saturated carbocycles. The number of methoxy groups -OCH3 is 1. The predicted octanol–water partition coefficient (Wildman–Crippen LogP) is 1.12. The van der Waals surface area contributed by atoms with Crippen LogP contribution in [0.1, 0.15) is 11.7 Å². The molecule has 1 aromatic rings. The van der Waals surface area contributed by atoms with Crippen LogP contribution in [0, 0.1) is 0 Å². The smallest absolute Gasteiger partial charge is 0.172 e. The number of nitrogens with two attached hydrogens (primary N) is 1. The third-order valence-corrected chi connectivity index (χ3v) is 1.72. The van der Waals surface area contributed by atoms with Gasteiger partial charge in [-0.3, -0.25) is 0 Å². The normalized spacial score (nSPS) is 14.1. The van der Waals surface area contributed by atoms with Gasteiger partial charge in [-0.15, -0.1) is 0 Å². The van der Waals surface area contributed by atoms with Gasteiger partial charge in [0, 0.05) is 7.11 Å². The highest BCUT2D eigenvalue weighted by Crippen LogP contribution is 2.15. The zero-order valence-electron chi connectivity index (χ0n) is 7.34. The van der Waals surface area contributed by atoms with Crippen LogP contribution in [0.4, 0.5) is 0 Å². The second-order valence-corrected chi connectivity index (χ2v) is 2.55. The van der Waals surface area contributed by atoms with Crippen LogP contribution >= 0.6 is 0 Å². The molecule has 0 aliphatic rings. The molecule has 3 N–H and O–H groups in total. The van der Waals surface area contributed by atoms with Crippen LogP contribution in [-0.4, -0.2) is 18.2 Å². The van der Waals surface area contributed by atoms with Crippen LogP contribution < -0.4 is 5.73 Å². The molecule has 0 fully saturated rings. The van der Waals surface area contributed by atoms with E-state index in [0.717, 1.165) is 5.56 Å². The fourth-order valence-electron chi connectivity index (χ4n) is 1.11. The zero-order chi connectivity index (χ0) is 9.68. The highest BCUT2D eigenvalue weighted by molar-refractivity contribution is 5.85. The van der Waals surface area contributed by atoms with Crippen molar-refractivity contribution in [3.63, 3.8) is 0 Å². The summed E-state index contributed by atoms with van der Waals surface area (Å²) in [6, 6.07) is 9.33. The fraction of sp³-hybridized carbons (Fsp3) is 0.222. The molecule has 70 valence electrons. The summed E-state index contributed by atoms with van der Waals surface area (Å²) >= 11 is 0. The Morgan fingerprint density at radius 3 is 2.54 bits per heavy atom. The molecule has 4 nitrogen and oxygen atoms in total. The quantitative estimate of drug-likeness (QED) is 0.317. The first kappa shape index (κ1) is 9.54. The highest BCUT2D eigenvalue weighted by atomic mass is 16.5. The molecule has 0 spiro atoms. The van der Waals surface area contributed by atoms with Crippen molar-refractivity contribution in [2.75, 3.05) is 7.11 Å². The molecule has 1 atom stereocenters. The second-order valence-electron chi connectivity index (χ2n) is 2.55. The van der Waals surface area contributed by atoms with Crippen LogP contribution in [0.15, 0.2) is 35.5 Å². The minimum atomic E-state index is -0.480. The first-order chi connectivity index (χ1) is 6.29. The fourth-order valence-corrected chi connectivity index (χ4v) is 1.11. The molecule has 0 aliphatic heterocycles. The molecule has 0 amide bonds.